The molecule has 0 aliphatic rings. The molecule has 20 heavy (non-hydrogen) atoms. The van der Waals surface area contributed by atoms with Crippen LogP contribution in [0.1, 0.15) is 51.0 Å². The Bertz CT molecular complexity index is 429. The number of hydrogen-bond acceptors (Lipinski definition) is 1. The molecule has 0 aromatic heterocycles. The number of alkyl halides is 3. The summed E-state index contributed by atoms with van der Waals surface area (Å²) in [6, 6.07) is 5.03. The highest BCUT2D eigenvalue weighted by atomic mass is 19.4. The lowest BCUT2D eigenvalue weighted by Crippen LogP contribution is -2.16. The van der Waals surface area contributed by atoms with E-state index in [-0.39, 0.29) is 18.0 Å². The number of benzene rings is 1. The van der Waals surface area contributed by atoms with E-state index >= 15 is 0 Å². The third kappa shape index (κ3) is 5.63. The van der Waals surface area contributed by atoms with Crippen molar-refractivity contribution in [2.24, 2.45) is 0 Å². The maximum atomic E-state index is 12.7. The fourth-order valence-electron chi connectivity index (χ4n) is 1.94. The molecule has 0 bridgehead atoms. The van der Waals surface area contributed by atoms with Gasteiger partial charge in [-0.15, -0.1) is 0 Å². The van der Waals surface area contributed by atoms with Crippen molar-refractivity contribution in [1.29, 1.82) is 0 Å². The second-order valence-corrected chi connectivity index (χ2v) is 4.76. The normalized spacial score (nSPS) is 11.4. The lowest BCUT2D eigenvalue weighted by atomic mass is 10.1. The third-order valence-electron chi connectivity index (χ3n) is 3.01. The maximum Gasteiger partial charge on any atom is 0.418 e. The van der Waals surface area contributed by atoms with Crippen LogP contribution < -0.4 is 5.32 Å². The summed E-state index contributed by atoms with van der Waals surface area (Å²) in [7, 11) is 0. The van der Waals surface area contributed by atoms with Crippen molar-refractivity contribution < 1.29 is 18.0 Å². The number of nitrogens with one attached hydrogen (secondary N) is 1. The highest BCUT2D eigenvalue weighted by Crippen LogP contribution is 2.34. The summed E-state index contributed by atoms with van der Waals surface area (Å²) in [5.41, 5.74) is -0.974. The van der Waals surface area contributed by atoms with Crippen molar-refractivity contribution >= 4 is 11.6 Å². The molecule has 0 saturated heterocycles. The number of unbranched alkanes of at least 4 members (excludes halogenated alkanes) is 4. The molecule has 0 aliphatic carbocycles. The van der Waals surface area contributed by atoms with Crippen LogP contribution in [-0.2, 0) is 11.0 Å². The Morgan fingerprint density at radius 2 is 1.75 bits per heavy atom. The molecule has 2 nitrogen and oxygen atoms in total. The SMILES string of the molecule is CCCCCCCC(=O)Nc1ccccc1C(F)(F)F. The van der Waals surface area contributed by atoms with Gasteiger partial charge in [0.05, 0.1) is 11.3 Å². The molecular formula is C15H20F3NO. The molecule has 112 valence electrons. The van der Waals surface area contributed by atoms with Crippen LogP contribution in [0.15, 0.2) is 24.3 Å². The minimum atomic E-state index is -4.45. The summed E-state index contributed by atoms with van der Waals surface area (Å²) in [6.45, 7) is 2.10. The van der Waals surface area contributed by atoms with E-state index < -0.39 is 11.7 Å². The third-order valence-corrected chi connectivity index (χ3v) is 3.01. The fourth-order valence-corrected chi connectivity index (χ4v) is 1.94. The van der Waals surface area contributed by atoms with Gasteiger partial charge in [0.15, 0.2) is 0 Å². The van der Waals surface area contributed by atoms with Gasteiger partial charge in [-0.25, -0.2) is 0 Å². The van der Waals surface area contributed by atoms with Crippen LogP contribution in [0.3, 0.4) is 0 Å². The zero-order valence-electron chi connectivity index (χ0n) is 11.6. The van der Waals surface area contributed by atoms with Gasteiger partial charge in [-0.3, -0.25) is 4.79 Å². The fraction of sp³-hybridized carbons (Fsp3) is 0.533. The average Bonchev–Trinajstić information content (AvgIpc) is 2.38. The Labute approximate surface area is 117 Å². The van der Waals surface area contributed by atoms with E-state index in [0.29, 0.717) is 6.42 Å². The predicted molar refractivity (Wildman–Crippen MR) is 73.4 cm³/mol. The molecule has 0 aliphatic heterocycles. The van der Waals surface area contributed by atoms with Crippen molar-refractivity contribution in [1.82, 2.24) is 0 Å². The number of para-hydroxylation sites is 1. The Morgan fingerprint density at radius 3 is 2.40 bits per heavy atom. The van der Waals surface area contributed by atoms with Crippen LogP contribution in [0.2, 0.25) is 0 Å². The van der Waals surface area contributed by atoms with E-state index in [4.69, 9.17) is 0 Å². The van der Waals surface area contributed by atoms with Crippen molar-refractivity contribution in [3.8, 4) is 0 Å². The molecule has 5 heteroatoms. The maximum absolute atomic E-state index is 12.7. The highest BCUT2D eigenvalue weighted by molar-refractivity contribution is 5.91. The van der Waals surface area contributed by atoms with Gasteiger partial charge in [0.1, 0.15) is 0 Å². The number of anilines is 1. The van der Waals surface area contributed by atoms with Gasteiger partial charge in [0, 0.05) is 6.42 Å². The van der Waals surface area contributed by atoms with Gasteiger partial charge in [-0.05, 0) is 18.6 Å². The van der Waals surface area contributed by atoms with Crippen LogP contribution in [0.5, 0.6) is 0 Å². The van der Waals surface area contributed by atoms with E-state index in [1.54, 1.807) is 0 Å². The monoisotopic (exact) mass is 287 g/mol. The molecule has 0 spiro atoms. The zero-order chi connectivity index (χ0) is 15.0. The lowest BCUT2D eigenvalue weighted by molar-refractivity contribution is -0.137. The molecule has 1 aromatic rings. The van der Waals surface area contributed by atoms with E-state index in [0.717, 1.165) is 31.7 Å². The summed E-state index contributed by atoms with van der Waals surface area (Å²) < 4.78 is 38.2. The van der Waals surface area contributed by atoms with Crippen molar-refractivity contribution in [2.75, 3.05) is 5.32 Å². The molecular weight excluding hydrogens is 267 g/mol. The first-order chi connectivity index (χ1) is 9.45. The number of carbonyl (C=O) groups is 1. The van der Waals surface area contributed by atoms with E-state index in [2.05, 4.69) is 12.2 Å². The van der Waals surface area contributed by atoms with Crippen LogP contribution in [0.25, 0.3) is 0 Å². The van der Waals surface area contributed by atoms with Crippen LogP contribution in [0, 0.1) is 0 Å². The van der Waals surface area contributed by atoms with Crippen molar-refractivity contribution in [3.63, 3.8) is 0 Å². The van der Waals surface area contributed by atoms with Crippen LogP contribution >= 0.6 is 0 Å². The quantitative estimate of drug-likeness (QED) is 0.702. The number of carbonyl (C=O) groups excluding carboxylic acids is 1. The Kier molecular flexibility index (Phi) is 6.55. The number of halogens is 3. The van der Waals surface area contributed by atoms with Gasteiger partial charge in [0.25, 0.3) is 0 Å². The molecule has 0 atom stereocenters. The van der Waals surface area contributed by atoms with Crippen molar-refractivity contribution in [3.05, 3.63) is 29.8 Å². The average molecular weight is 287 g/mol. The Balaban J connectivity index is 2.50. The second-order valence-electron chi connectivity index (χ2n) is 4.76. The Hall–Kier alpha value is -1.52. The van der Waals surface area contributed by atoms with Crippen molar-refractivity contribution in [2.45, 2.75) is 51.6 Å². The molecule has 1 rings (SSSR count). The van der Waals surface area contributed by atoms with Gasteiger partial charge in [-0.1, -0.05) is 44.7 Å². The standard InChI is InChI=1S/C15H20F3NO/c1-2-3-4-5-6-11-14(20)19-13-10-8-7-9-12(13)15(16,17)18/h7-10H,2-6,11H2,1H3,(H,19,20). The summed E-state index contributed by atoms with van der Waals surface area (Å²) >= 11 is 0. The number of hydrogen-bond donors (Lipinski definition) is 1. The Morgan fingerprint density at radius 1 is 1.10 bits per heavy atom. The molecule has 1 amide bonds. The zero-order valence-corrected chi connectivity index (χ0v) is 11.6. The molecule has 0 saturated carbocycles. The first-order valence-corrected chi connectivity index (χ1v) is 6.91. The van der Waals surface area contributed by atoms with Gasteiger partial charge in [0.2, 0.25) is 5.91 Å². The molecule has 0 radical (unpaired) electrons. The molecule has 0 unspecified atom stereocenters. The minimum Gasteiger partial charge on any atom is -0.326 e. The molecule has 1 N–H and O–H groups in total. The largest absolute Gasteiger partial charge is 0.418 e. The lowest BCUT2D eigenvalue weighted by Gasteiger charge is -2.13. The van der Waals surface area contributed by atoms with Crippen LogP contribution in [0.4, 0.5) is 18.9 Å². The van der Waals surface area contributed by atoms with E-state index in [9.17, 15) is 18.0 Å². The van der Waals surface area contributed by atoms with Crippen LogP contribution in [-0.4, -0.2) is 5.91 Å². The first kappa shape index (κ1) is 16.5. The first-order valence-electron chi connectivity index (χ1n) is 6.91. The van der Waals surface area contributed by atoms with Gasteiger partial charge < -0.3 is 5.32 Å². The second kappa shape index (κ2) is 7.92. The van der Waals surface area contributed by atoms with Gasteiger partial charge in [-0.2, -0.15) is 13.2 Å². The smallest absolute Gasteiger partial charge is 0.326 e. The number of rotatable bonds is 7. The molecule has 0 fully saturated rings. The van der Waals surface area contributed by atoms with E-state index in [1.807, 2.05) is 0 Å². The summed E-state index contributed by atoms with van der Waals surface area (Å²) in [4.78, 5) is 11.6. The van der Waals surface area contributed by atoms with E-state index in [1.165, 1.54) is 18.2 Å². The van der Waals surface area contributed by atoms with Gasteiger partial charge >= 0.3 is 6.18 Å². The highest BCUT2D eigenvalue weighted by Gasteiger charge is 2.33. The summed E-state index contributed by atoms with van der Waals surface area (Å²) in [5, 5.41) is 2.35. The summed E-state index contributed by atoms with van der Waals surface area (Å²) in [6.07, 6.45) is 0.746. The topological polar surface area (TPSA) is 29.1 Å². The molecule has 0 heterocycles. The predicted octanol–water partition coefficient (Wildman–Crippen LogP) is 5.00. The minimum absolute atomic E-state index is 0.168. The number of amides is 1. The summed E-state index contributed by atoms with van der Waals surface area (Å²) in [5.74, 6) is -0.363. The molecule has 1 aromatic carbocycles.